The molecule has 1 aliphatic rings. The number of hydrogen-bond donors (Lipinski definition) is 1. The van der Waals surface area contributed by atoms with Crippen molar-refractivity contribution in [3.63, 3.8) is 0 Å². The Balaban J connectivity index is 1.85. The summed E-state index contributed by atoms with van der Waals surface area (Å²) in [5.74, 6) is -1.26. The first-order valence-corrected chi connectivity index (χ1v) is 8.86. The Morgan fingerprint density at radius 3 is 2.76 bits per heavy atom. The first-order chi connectivity index (χ1) is 12.1. The molecule has 10 heteroatoms. The van der Waals surface area contributed by atoms with Crippen molar-refractivity contribution >= 4 is 39.5 Å². The molecule has 0 aromatic carbocycles. The Bertz CT molecular complexity index is 975. The number of carbonyl (C=O) groups is 2. The lowest BCUT2D eigenvalue weighted by molar-refractivity contribution is -0.117. The monoisotopic (exact) mass is 374 g/mol. The third-order valence-corrected chi connectivity index (χ3v) is 5.21. The van der Waals surface area contributed by atoms with Gasteiger partial charge in [0, 0.05) is 6.20 Å². The summed E-state index contributed by atoms with van der Waals surface area (Å²) in [6, 6.07) is 2.33. The molecule has 4 rings (SSSR count). The van der Waals surface area contributed by atoms with Crippen LogP contribution in [0.4, 0.5) is 5.13 Å². The predicted molar refractivity (Wildman–Crippen MR) is 89.7 cm³/mol. The van der Waals surface area contributed by atoms with Crippen LogP contribution in [0.25, 0.3) is 0 Å². The van der Waals surface area contributed by atoms with Gasteiger partial charge in [-0.25, -0.2) is 0 Å². The van der Waals surface area contributed by atoms with Gasteiger partial charge in [-0.1, -0.05) is 11.3 Å². The highest BCUT2D eigenvalue weighted by molar-refractivity contribution is 7.13. The molecular formula is C15H10N4O4S2. The summed E-state index contributed by atoms with van der Waals surface area (Å²) in [6.07, 6.45) is 1.55. The fourth-order valence-corrected chi connectivity index (χ4v) is 3.93. The van der Waals surface area contributed by atoms with Gasteiger partial charge in [-0.3, -0.25) is 19.5 Å². The highest BCUT2D eigenvalue weighted by Gasteiger charge is 2.47. The van der Waals surface area contributed by atoms with Crippen molar-refractivity contribution in [1.82, 2.24) is 15.2 Å². The number of furan rings is 1. The molecule has 0 aliphatic carbocycles. The number of hydrogen-bond acceptors (Lipinski definition) is 9. The molecule has 1 aliphatic heterocycles. The maximum atomic E-state index is 12.9. The number of carbonyl (C=O) groups excluding carboxylic acids is 2. The Kier molecular flexibility index (Phi) is 3.70. The van der Waals surface area contributed by atoms with Gasteiger partial charge in [-0.15, -0.1) is 21.5 Å². The molecular weight excluding hydrogens is 364 g/mol. The molecule has 25 heavy (non-hydrogen) atoms. The molecule has 0 bridgehead atoms. The van der Waals surface area contributed by atoms with Crippen molar-refractivity contribution in [2.45, 2.75) is 13.0 Å². The van der Waals surface area contributed by atoms with Crippen molar-refractivity contribution in [1.29, 1.82) is 0 Å². The third kappa shape index (κ3) is 2.46. The fraction of sp³-hybridized carbons (Fsp3) is 0.133. The lowest BCUT2D eigenvalue weighted by Gasteiger charge is -2.21. The Labute approximate surface area is 149 Å². The summed E-state index contributed by atoms with van der Waals surface area (Å²) in [5.41, 5.74) is 3.00. The quantitative estimate of drug-likeness (QED) is 0.699. The number of Topliss-reactive ketones (excluding diaryl/α,β-unsaturated/α-hetero) is 1. The van der Waals surface area contributed by atoms with Gasteiger partial charge >= 0.3 is 0 Å². The van der Waals surface area contributed by atoms with Crippen LogP contribution in [0.2, 0.25) is 0 Å². The number of aryl methyl sites for hydroxylation is 1. The normalized spacial score (nSPS) is 17.6. The number of aliphatic hydroxyl groups is 1. The number of ketones is 1. The molecule has 1 atom stereocenters. The Hall–Kier alpha value is -2.85. The van der Waals surface area contributed by atoms with E-state index in [4.69, 9.17) is 4.42 Å². The van der Waals surface area contributed by atoms with E-state index in [0.717, 1.165) is 11.3 Å². The number of anilines is 1. The molecule has 4 heterocycles. The Morgan fingerprint density at radius 2 is 2.16 bits per heavy atom. The average Bonchev–Trinajstić information content (AvgIpc) is 3.36. The molecule has 126 valence electrons. The summed E-state index contributed by atoms with van der Waals surface area (Å²) in [6.45, 7) is 1.71. The van der Waals surface area contributed by atoms with Crippen LogP contribution >= 0.6 is 22.7 Å². The largest absolute Gasteiger partial charge is 0.503 e. The number of thiazole rings is 1. The van der Waals surface area contributed by atoms with Gasteiger partial charge in [0.25, 0.3) is 5.91 Å². The second kappa shape index (κ2) is 5.90. The number of aromatic nitrogens is 3. The molecule has 0 radical (unpaired) electrons. The van der Waals surface area contributed by atoms with Crippen molar-refractivity contribution in [2.24, 2.45) is 0 Å². The summed E-state index contributed by atoms with van der Waals surface area (Å²) >= 11 is 2.41. The number of aliphatic hydroxyl groups excluding tert-OH is 1. The van der Waals surface area contributed by atoms with Crippen LogP contribution in [-0.4, -0.2) is 32.0 Å². The van der Waals surface area contributed by atoms with Crippen LogP contribution in [0, 0.1) is 6.92 Å². The van der Waals surface area contributed by atoms with Gasteiger partial charge < -0.3 is 9.52 Å². The minimum absolute atomic E-state index is 0.0560. The summed E-state index contributed by atoms with van der Waals surface area (Å²) in [5, 5.41) is 18.3. The topological polar surface area (TPSA) is 109 Å². The Morgan fingerprint density at radius 1 is 1.32 bits per heavy atom. The molecule has 0 saturated carbocycles. The zero-order valence-electron chi connectivity index (χ0n) is 12.7. The minimum atomic E-state index is -0.828. The fourth-order valence-electron chi connectivity index (χ4n) is 2.63. The molecule has 3 aromatic rings. The van der Waals surface area contributed by atoms with E-state index in [9.17, 15) is 14.7 Å². The molecule has 1 unspecified atom stereocenters. The van der Waals surface area contributed by atoms with Crippen LogP contribution in [-0.2, 0) is 4.79 Å². The van der Waals surface area contributed by atoms with E-state index >= 15 is 0 Å². The van der Waals surface area contributed by atoms with Crippen molar-refractivity contribution in [3.8, 4) is 0 Å². The SMILES string of the molecule is Cc1ccc(C(=O)C2=C(O)C(=O)N(c3nncs3)C2c2cncs2)o1. The van der Waals surface area contributed by atoms with E-state index in [0.29, 0.717) is 10.6 Å². The minimum Gasteiger partial charge on any atom is -0.503 e. The maximum absolute atomic E-state index is 12.9. The molecule has 1 N–H and O–H groups in total. The summed E-state index contributed by atoms with van der Waals surface area (Å²) in [7, 11) is 0. The van der Waals surface area contributed by atoms with Gasteiger partial charge in [0.05, 0.1) is 16.0 Å². The zero-order valence-corrected chi connectivity index (χ0v) is 14.4. The predicted octanol–water partition coefficient (Wildman–Crippen LogP) is 2.68. The van der Waals surface area contributed by atoms with Crippen LogP contribution in [0.3, 0.4) is 0 Å². The van der Waals surface area contributed by atoms with Crippen molar-refractivity contribution in [2.75, 3.05) is 4.90 Å². The number of amides is 1. The average molecular weight is 374 g/mol. The smallest absolute Gasteiger partial charge is 0.296 e. The van der Waals surface area contributed by atoms with E-state index < -0.39 is 23.5 Å². The second-order valence-electron chi connectivity index (χ2n) is 5.20. The van der Waals surface area contributed by atoms with Crippen molar-refractivity contribution < 1.29 is 19.1 Å². The van der Waals surface area contributed by atoms with Crippen molar-refractivity contribution in [3.05, 3.63) is 57.1 Å². The van der Waals surface area contributed by atoms with Crippen LogP contribution in [0.1, 0.15) is 27.2 Å². The summed E-state index contributed by atoms with van der Waals surface area (Å²) in [4.78, 5) is 31.4. The van der Waals surface area contributed by atoms with Gasteiger partial charge in [0.2, 0.25) is 10.9 Å². The van der Waals surface area contributed by atoms with E-state index in [1.54, 1.807) is 24.7 Å². The first-order valence-electron chi connectivity index (χ1n) is 7.10. The summed E-state index contributed by atoms with van der Waals surface area (Å²) < 4.78 is 5.37. The molecule has 0 spiro atoms. The number of nitrogens with zero attached hydrogens (tertiary/aromatic N) is 4. The first kappa shape index (κ1) is 15.7. The lowest BCUT2D eigenvalue weighted by atomic mass is 10.0. The number of rotatable bonds is 4. The third-order valence-electron chi connectivity index (χ3n) is 3.69. The molecule has 0 saturated heterocycles. The van der Waals surface area contributed by atoms with E-state index in [-0.39, 0.29) is 16.5 Å². The molecule has 8 nitrogen and oxygen atoms in total. The highest BCUT2D eigenvalue weighted by Crippen LogP contribution is 2.43. The van der Waals surface area contributed by atoms with E-state index in [1.807, 2.05) is 0 Å². The maximum Gasteiger partial charge on any atom is 0.296 e. The molecule has 0 fully saturated rings. The molecule has 3 aromatic heterocycles. The second-order valence-corrected chi connectivity index (χ2v) is 6.93. The zero-order chi connectivity index (χ0) is 17.6. The van der Waals surface area contributed by atoms with Gasteiger partial charge in [0.15, 0.2) is 11.5 Å². The van der Waals surface area contributed by atoms with Crippen LogP contribution in [0.15, 0.2) is 45.1 Å². The van der Waals surface area contributed by atoms with E-state index in [2.05, 4.69) is 15.2 Å². The lowest BCUT2D eigenvalue weighted by Crippen LogP contribution is -2.30. The van der Waals surface area contributed by atoms with Crippen LogP contribution in [0.5, 0.6) is 0 Å². The van der Waals surface area contributed by atoms with E-state index in [1.165, 1.54) is 27.8 Å². The highest BCUT2D eigenvalue weighted by atomic mass is 32.1. The van der Waals surface area contributed by atoms with Gasteiger partial charge in [-0.05, 0) is 19.1 Å². The van der Waals surface area contributed by atoms with Gasteiger partial charge in [0.1, 0.15) is 17.3 Å². The van der Waals surface area contributed by atoms with Gasteiger partial charge in [-0.2, -0.15) is 0 Å². The standard InChI is InChI=1S/C15H10N4O4S2/c1-7-2-3-8(23-7)12(20)10-11(9-4-16-5-24-9)19(14(22)13(10)21)15-18-17-6-25-15/h2-6,11,21H,1H3. The molecule has 1 amide bonds. The van der Waals surface area contributed by atoms with Crippen LogP contribution < -0.4 is 4.90 Å².